The second-order valence-corrected chi connectivity index (χ2v) is 6.22. The van der Waals surface area contributed by atoms with Crippen molar-refractivity contribution in [1.82, 2.24) is 0 Å². The fourth-order valence-corrected chi connectivity index (χ4v) is 3.57. The van der Waals surface area contributed by atoms with Crippen LogP contribution in [0.25, 0.3) is 0 Å². The van der Waals surface area contributed by atoms with Crippen LogP contribution in [0.2, 0.25) is 5.02 Å². The van der Waals surface area contributed by atoms with Crippen molar-refractivity contribution in [1.29, 1.82) is 0 Å². The van der Waals surface area contributed by atoms with Crippen LogP contribution in [0.5, 0.6) is 11.5 Å². The molecule has 0 fully saturated rings. The summed E-state index contributed by atoms with van der Waals surface area (Å²) in [5, 5.41) is 0.730. The molecule has 0 radical (unpaired) electrons. The Morgan fingerprint density at radius 1 is 1.00 bits per heavy atom. The van der Waals surface area contributed by atoms with E-state index in [1.54, 1.807) is 14.2 Å². The normalized spacial score (nSPS) is 12.1. The quantitative estimate of drug-likeness (QED) is 0.666. The first-order valence-corrected chi connectivity index (χ1v) is 7.90. The molecule has 0 N–H and O–H groups in total. The Bertz CT molecular complexity index is 633. The second-order valence-electron chi connectivity index (χ2n) is 4.90. The molecule has 1 atom stereocenters. The molecule has 0 heterocycles. The van der Waals surface area contributed by atoms with Crippen molar-refractivity contribution >= 4 is 27.5 Å². The third kappa shape index (κ3) is 3.19. The molecule has 2 aromatic rings. The lowest BCUT2D eigenvalue weighted by Gasteiger charge is -2.20. The molecule has 1 unspecified atom stereocenters. The average molecular weight is 370 g/mol. The van der Waals surface area contributed by atoms with Gasteiger partial charge < -0.3 is 9.47 Å². The Kier molecular flexibility index (Phi) is 5.17. The van der Waals surface area contributed by atoms with Crippen molar-refractivity contribution in [3.05, 3.63) is 57.6 Å². The molecule has 2 aromatic carbocycles. The van der Waals surface area contributed by atoms with Crippen molar-refractivity contribution < 1.29 is 9.47 Å². The lowest BCUT2D eigenvalue weighted by Crippen LogP contribution is -2.02. The number of aryl methyl sites for hydroxylation is 2. The van der Waals surface area contributed by atoms with E-state index in [0.717, 1.165) is 27.6 Å². The van der Waals surface area contributed by atoms with Crippen molar-refractivity contribution in [2.45, 2.75) is 18.7 Å². The van der Waals surface area contributed by atoms with E-state index >= 15 is 0 Å². The molecule has 0 saturated heterocycles. The van der Waals surface area contributed by atoms with Crippen LogP contribution in [-0.4, -0.2) is 14.2 Å². The van der Waals surface area contributed by atoms with Gasteiger partial charge in [-0.15, -0.1) is 0 Å². The van der Waals surface area contributed by atoms with Crippen LogP contribution in [-0.2, 0) is 0 Å². The maximum Gasteiger partial charge on any atom is 0.127 e. The molecular formula is C17H18BrClO2. The van der Waals surface area contributed by atoms with Gasteiger partial charge in [0, 0.05) is 5.02 Å². The molecule has 0 aliphatic rings. The van der Waals surface area contributed by atoms with Crippen molar-refractivity contribution in [3.8, 4) is 11.5 Å². The summed E-state index contributed by atoms with van der Waals surface area (Å²) in [7, 11) is 3.31. The molecular weight excluding hydrogens is 352 g/mol. The van der Waals surface area contributed by atoms with Gasteiger partial charge in [0.05, 0.1) is 24.6 Å². The number of hydrogen-bond acceptors (Lipinski definition) is 2. The highest BCUT2D eigenvalue weighted by atomic mass is 79.9. The SMILES string of the molecule is COc1cccc(OC)c1C(Br)c1cc(C)c(C)cc1Cl. The molecule has 0 saturated carbocycles. The van der Waals surface area contributed by atoms with Crippen LogP contribution in [0.3, 0.4) is 0 Å². The summed E-state index contributed by atoms with van der Waals surface area (Å²) in [5.41, 5.74) is 4.32. The number of hydrogen-bond donors (Lipinski definition) is 0. The van der Waals surface area contributed by atoms with E-state index in [9.17, 15) is 0 Å². The summed E-state index contributed by atoms with van der Waals surface area (Å²) in [6, 6.07) is 9.83. The highest BCUT2D eigenvalue weighted by molar-refractivity contribution is 9.09. The minimum absolute atomic E-state index is 0.101. The van der Waals surface area contributed by atoms with E-state index in [0.29, 0.717) is 0 Å². The smallest absolute Gasteiger partial charge is 0.127 e. The van der Waals surface area contributed by atoms with Gasteiger partial charge in [-0.05, 0) is 48.7 Å². The summed E-state index contributed by atoms with van der Waals surface area (Å²) in [5.74, 6) is 1.54. The van der Waals surface area contributed by atoms with Crippen LogP contribution in [0.1, 0.15) is 27.1 Å². The van der Waals surface area contributed by atoms with Crippen LogP contribution < -0.4 is 9.47 Å². The molecule has 112 valence electrons. The monoisotopic (exact) mass is 368 g/mol. The van der Waals surface area contributed by atoms with Crippen LogP contribution in [0, 0.1) is 13.8 Å². The second kappa shape index (κ2) is 6.71. The maximum atomic E-state index is 6.43. The molecule has 21 heavy (non-hydrogen) atoms. The molecule has 0 amide bonds. The van der Waals surface area contributed by atoms with Gasteiger partial charge in [0.25, 0.3) is 0 Å². The summed E-state index contributed by atoms with van der Waals surface area (Å²) < 4.78 is 10.9. The topological polar surface area (TPSA) is 18.5 Å². The lowest BCUT2D eigenvalue weighted by atomic mass is 9.99. The van der Waals surface area contributed by atoms with Gasteiger partial charge in [0.1, 0.15) is 11.5 Å². The van der Waals surface area contributed by atoms with E-state index in [4.69, 9.17) is 21.1 Å². The zero-order valence-corrected chi connectivity index (χ0v) is 14.9. The first-order chi connectivity index (χ1) is 9.99. The standard InChI is InChI=1S/C17H18BrClO2/c1-10-8-12(13(19)9-11(10)2)17(18)16-14(20-3)6-5-7-15(16)21-4/h5-9,17H,1-4H3. The van der Waals surface area contributed by atoms with Gasteiger partial charge in [-0.2, -0.15) is 0 Å². The molecule has 0 spiro atoms. The summed E-state index contributed by atoms with van der Waals surface area (Å²) in [6.07, 6.45) is 0. The Balaban J connectivity index is 2.59. The van der Waals surface area contributed by atoms with E-state index < -0.39 is 0 Å². The van der Waals surface area contributed by atoms with Gasteiger partial charge in [0.15, 0.2) is 0 Å². The molecule has 0 aliphatic carbocycles. The predicted octanol–water partition coefficient (Wildman–Crippen LogP) is 5.46. The minimum atomic E-state index is -0.101. The number of benzene rings is 2. The Morgan fingerprint density at radius 2 is 1.52 bits per heavy atom. The number of rotatable bonds is 4. The van der Waals surface area contributed by atoms with Gasteiger partial charge in [-0.1, -0.05) is 39.7 Å². The van der Waals surface area contributed by atoms with E-state index in [2.05, 4.69) is 35.8 Å². The molecule has 0 aliphatic heterocycles. The summed E-state index contributed by atoms with van der Waals surface area (Å²) >= 11 is 10.2. The molecule has 2 rings (SSSR count). The Morgan fingerprint density at radius 3 is 2.05 bits per heavy atom. The minimum Gasteiger partial charge on any atom is -0.496 e. The predicted molar refractivity (Wildman–Crippen MR) is 91.2 cm³/mol. The molecule has 4 heteroatoms. The maximum absolute atomic E-state index is 6.43. The first-order valence-electron chi connectivity index (χ1n) is 6.61. The van der Waals surface area contributed by atoms with Crippen LogP contribution >= 0.6 is 27.5 Å². The van der Waals surface area contributed by atoms with Crippen molar-refractivity contribution in [2.24, 2.45) is 0 Å². The first kappa shape index (κ1) is 16.2. The highest BCUT2D eigenvalue weighted by Crippen LogP contribution is 2.44. The van der Waals surface area contributed by atoms with E-state index in [-0.39, 0.29) is 4.83 Å². The zero-order chi connectivity index (χ0) is 15.6. The fraction of sp³-hybridized carbons (Fsp3) is 0.294. The van der Waals surface area contributed by atoms with Gasteiger partial charge >= 0.3 is 0 Å². The number of methoxy groups -OCH3 is 2. The summed E-state index contributed by atoms with van der Waals surface area (Å²) in [4.78, 5) is -0.101. The number of ether oxygens (including phenoxy) is 2. The van der Waals surface area contributed by atoms with E-state index in [1.165, 1.54) is 11.1 Å². The van der Waals surface area contributed by atoms with Crippen molar-refractivity contribution in [3.63, 3.8) is 0 Å². The average Bonchev–Trinajstić information content (AvgIpc) is 2.49. The van der Waals surface area contributed by atoms with Crippen LogP contribution in [0.15, 0.2) is 30.3 Å². The largest absolute Gasteiger partial charge is 0.496 e. The van der Waals surface area contributed by atoms with Crippen molar-refractivity contribution in [2.75, 3.05) is 14.2 Å². The third-order valence-electron chi connectivity index (χ3n) is 3.61. The van der Waals surface area contributed by atoms with Gasteiger partial charge in [-0.25, -0.2) is 0 Å². The van der Waals surface area contributed by atoms with E-state index in [1.807, 2.05) is 24.3 Å². The fourth-order valence-electron chi connectivity index (χ4n) is 2.28. The Labute approximate surface area is 139 Å². The number of halogens is 2. The third-order valence-corrected chi connectivity index (χ3v) is 4.88. The number of alkyl halides is 1. The molecule has 2 nitrogen and oxygen atoms in total. The summed E-state index contributed by atoms with van der Waals surface area (Å²) in [6.45, 7) is 4.13. The highest BCUT2D eigenvalue weighted by Gasteiger charge is 2.22. The zero-order valence-electron chi connectivity index (χ0n) is 12.5. The van der Waals surface area contributed by atoms with Gasteiger partial charge in [-0.3, -0.25) is 0 Å². The van der Waals surface area contributed by atoms with Gasteiger partial charge in [0.2, 0.25) is 0 Å². The molecule has 0 bridgehead atoms. The lowest BCUT2D eigenvalue weighted by molar-refractivity contribution is 0.386. The molecule has 0 aromatic heterocycles. The Hall–Kier alpha value is -1.19. The van der Waals surface area contributed by atoms with Crippen LogP contribution in [0.4, 0.5) is 0 Å².